The molecule has 2 aromatic carbocycles. The van der Waals surface area contributed by atoms with Gasteiger partial charge in [-0.25, -0.2) is 4.98 Å². The maximum Gasteiger partial charge on any atom is 0.161 e. The lowest BCUT2D eigenvalue weighted by atomic mass is 10.1. The van der Waals surface area contributed by atoms with Gasteiger partial charge in [-0.3, -0.25) is 9.38 Å². The molecule has 0 bridgehead atoms. The molecule has 0 amide bonds. The fraction of sp³-hybridized carbons (Fsp3) is 0.182. The molecule has 152 valence electrons. The van der Waals surface area contributed by atoms with E-state index in [4.69, 9.17) is 19.2 Å². The van der Waals surface area contributed by atoms with Gasteiger partial charge < -0.3 is 24.6 Å². The second kappa shape index (κ2) is 7.47. The first-order valence-corrected chi connectivity index (χ1v) is 9.55. The minimum absolute atomic E-state index is 0.0810. The van der Waals surface area contributed by atoms with E-state index in [1.54, 1.807) is 24.5 Å². The van der Waals surface area contributed by atoms with E-state index in [0.29, 0.717) is 31.2 Å². The molecule has 30 heavy (non-hydrogen) atoms. The van der Waals surface area contributed by atoms with Crippen molar-refractivity contribution in [3.63, 3.8) is 0 Å². The van der Waals surface area contributed by atoms with Crippen LogP contribution in [0.1, 0.15) is 5.56 Å². The van der Waals surface area contributed by atoms with Crippen LogP contribution in [0.2, 0.25) is 0 Å². The van der Waals surface area contributed by atoms with Crippen molar-refractivity contribution in [2.75, 3.05) is 25.6 Å². The predicted octanol–water partition coefficient (Wildman–Crippen LogP) is 3.49. The molecule has 4 aromatic rings. The molecule has 0 saturated heterocycles. The van der Waals surface area contributed by atoms with Crippen LogP contribution in [-0.2, 0) is 6.54 Å². The lowest BCUT2D eigenvalue weighted by Crippen LogP contribution is -2.15. The summed E-state index contributed by atoms with van der Waals surface area (Å²) in [5, 5.41) is 13.4. The fourth-order valence-electron chi connectivity index (χ4n) is 3.49. The average molecular weight is 404 g/mol. The number of nitrogens with zero attached hydrogens (tertiary/aromatic N) is 3. The van der Waals surface area contributed by atoms with Crippen LogP contribution in [0.5, 0.6) is 23.0 Å². The molecule has 0 fully saturated rings. The number of hydrogen-bond donors (Lipinski definition) is 2. The Morgan fingerprint density at radius 1 is 1.13 bits per heavy atom. The molecule has 0 aliphatic carbocycles. The van der Waals surface area contributed by atoms with Gasteiger partial charge in [-0.15, -0.1) is 0 Å². The molecule has 0 saturated carbocycles. The van der Waals surface area contributed by atoms with Gasteiger partial charge in [-0.1, -0.05) is 6.07 Å². The average Bonchev–Trinajstić information content (AvgIpc) is 3.16. The summed E-state index contributed by atoms with van der Waals surface area (Å²) < 4.78 is 18.5. The molecular weight excluding hydrogens is 384 g/mol. The zero-order valence-electron chi connectivity index (χ0n) is 16.3. The highest BCUT2D eigenvalue weighted by atomic mass is 16.6. The SMILES string of the molecule is COc1cc(-c2nc3cnccn3c2NCc2ccc3c(c2)OCCO3)ccc1O. The molecule has 8 heteroatoms. The van der Waals surface area contributed by atoms with Crippen LogP contribution in [0.3, 0.4) is 0 Å². The number of aromatic hydroxyl groups is 1. The minimum Gasteiger partial charge on any atom is -0.504 e. The van der Waals surface area contributed by atoms with Crippen LogP contribution in [0, 0.1) is 0 Å². The van der Waals surface area contributed by atoms with Crippen molar-refractivity contribution in [1.82, 2.24) is 14.4 Å². The standard InChI is InChI=1S/C22H20N4O4/c1-28-18-11-15(3-4-16(18)27)21-22(26-7-6-23-13-20(26)25-21)24-12-14-2-5-17-19(10-14)30-9-8-29-17/h2-7,10-11,13,24,27H,8-9,12H2,1H3. The first-order chi connectivity index (χ1) is 14.7. The van der Waals surface area contributed by atoms with Crippen molar-refractivity contribution in [3.05, 3.63) is 60.6 Å². The van der Waals surface area contributed by atoms with Crippen LogP contribution in [-0.4, -0.2) is 39.8 Å². The number of nitrogens with one attached hydrogen (secondary N) is 1. The van der Waals surface area contributed by atoms with Crippen molar-refractivity contribution in [2.45, 2.75) is 6.54 Å². The zero-order chi connectivity index (χ0) is 20.5. The number of fused-ring (bicyclic) bond motifs is 2. The quantitative estimate of drug-likeness (QED) is 0.526. The van der Waals surface area contributed by atoms with Crippen molar-refractivity contribution >= 4 is 11.5 Å². The lowest BCUT2D eigenvalue weighted by molar-refractivity contribution is 0.171. The van der Waals surface area contributed by atoms with E-state index >= 15 is 0 Å². The van der Waals surface area contributed by atoms with Crippen molar-refractivity contribution in [3.8, 4) is 34.3 Å². The van der Waals surface area contributed by atoms with Crippen LogP contribution < -0.4 is 19.5 Å². The Morgan fingerprint density at radius 3 is 2.87 bits per heavy atom. The number of phenols is 1. The zero-order valence-corrected chi connectivity index (χ0v) is 16.3. The molecule has 0 spiro atoms. The van der Waals surface area contributed by atoms with Gasteiger partial charge >= 0.3 is 0 Å². The van der Waals surface area contributed by atoms with Crippen LogP contribution in [0.15, 0.2) is 55.0 Å². The van der Waals surface area contributed by atoms with Gasteiger partial charge in [0.2, 0.25) is 0 Å². The number of aromatic nitrogens is 3. The summed E-state index contributed by atoms with van der Waals surface area (Å²) in [6.07, 6.45) is 5.27. The van der Waals surface area contributed by atoms with Crippen LogP contribution in [0.25, 0.3) is 16.9 Å². The topological polar surface area (TPSA) is 90.1 Å². The smallest absolute Gasteiger partial charge is 0.161 e. The minimum atomic E-state index is 0.0810. The molecule has 2 N–H and O–H groups in total. The van der Waals surface area contributed by atoms with E-state index in [1.807, 2.05) is 34.9 Å². The molecule has 1 aliphatic heterocycles. The Hall–Kier alpha value is -3.94. The summed E-state index contributed by atoms with van der Waals surface area (Å²) in [6, 6.07) is 11.1. The number of benzene rings is 2. The van der Waals surface area contributed by atoms with Crippen LogP contribution >= 0.6 is 0 Å². The molecule has 2 aromatic heterocycles. The van der Waals surface area contributed by atoms with Crippen molar-refractivity contribution in [1.29, 1.82) is 0 Å². The van der Waals surface area contributed by atoms with E-state index in [-0.39, 0.29) is 5.75 Å². The number of methoxy groups -OCH3 is 1. The summed E-state index contributed by atoms with van der Waals surface area (Å²) in [6.45, 7) is 1.69. The highest BCUT2D eigenvalue weighted by Crippen LogP contribution is 2.35. The largest absolute Gasteiger partial charge is 0.504 e. The molecule has 0 radical (unpaired) electrons. The van der Waals surface area contributed by atoms with Gasteiger partial charge in [0.1, 0.15) is 24.7 Å². The number of phenolic OH excluding ortho intramolecular Hbond substituents is 1. The summed E-state index contributed by atoms with van der Waals surface area (Å²) in [5.41, 5.74) is 3.32. The van der Waals surface area contributed by atoms with E-state index in [9.17, 15) is 5.11 Å². The number of ether oxygens (including phenoxy) is 3. The lowest BCUT2D eigenvalue weighted by Gasteiger charge is -2.19. The molecule has 3 heterocycles. The van der Waals surface area contributed by atoms with Gasteiger partial charge in [-0.2, -0.15) is 0 Å². The molecule has 1 aliphatic rings. The van der Waals surface area contributed by atoms with E-state index in [0.717, 1.165) is 34.1 Å². The Bertz CT molecular complexity index is 1220. The summed E-state index contributed by atoms with van der Waals surface area (Å²) in [5.74, 6) is 2.81. The normalized spacial score (nSPS) is 12.7. The summed E-state index contributed by atoms with van der Waals surface area (Å²) in [7, 11) is 1.52. The third-order valence-electron chi connectivity index (χ3n) is 4.95. The van der Waals surface area contributed by atoms with Crippen molar-refractivity contribution in [2.24, 2.45) is 0 Å². The first kappa shape index (κ1) is 18.1. The van der Waals surface area contributed by atoms with E-state index < -0.39 is 0 Å². The molecule has 8 nitrogen and oxygen atoms in total. The van der Waals surface area contributed by atoms with Gasteiger partial charge in [0.05, 0.1) is 13.3 Å². The monoisotopic (exact) mass is 404 g/mol. The Labute approximate surface area is 172 Å². The fourth-order valence-corrected chi connectivity index (χ4v) is 3.49. The Kier molecular flexibility index (Phi) is 4.51. The summed E-state index contributed by atoms with van der Waals surface area (Å²) in [4.78, 5) is 8.90. The molecular formula is C22H20N4O4. The maximum absolute atomic E-state index is 9.94. The number of rotatable bonds is 5. The summed E-state index contributed by atoms with van der Waals surface area (Å²) >= 11 is 0. The third kappa shape index (κ3) is 3.22. The van der Waals surface area contributed by atoms with Gasteiger partial charge in [0, 0.05) is 24.5 Å². The third-order valence-corrected chi connectivity index (χ3v) is 4.95. The molecule has 5 rings (SSSR count). The molecule has 0 atom stereocenters. The second-order valence-electron chi connectivity index (χ2n) is 6.83. The van der Waals surface area contributed by atoms with Gasteiger partial charge in [0.15, 0.2) is 28.6 Å². The van der Waals surface area contributed by atoms with Gasteiger partial charge in [0.25, 0.3) is 0 Å². The number of anilines is 1. The Balaban J connectivity index is 1.51. The van der Waals surface area contributed by atoms with Crippen molar-refractivity contribution < 1.29 is 19.3 Å². The highest BCUT2D eigenvalue weighted by molar-refractivity contribution is 5.77. The number of hydrogen-bond acceptors (Lipinski definition) is 7. The number of imidazole rings is 1. The maximum atomic E-state index is 9.94. The van der Waals surface area contributed by atoms with Crippen LogP contribution in [0.4, 0.5) is 5.82 Å². The van der Waals surface area contributed by atoms with E-state index in [2.05, 4.69) is 10.3 Å². The van der Waals surface area contributed by atoms with E-state index in [1.165, 1.54) is 7.11 Å². The van der Waals surface area contributed by atoms with Gasteiger partial charge in [-0.05, 0) is 35.9 Å². The predicted molar refractivity (Wildman–Crippen MR) is 111 cm³/mol. The first-order valence-electron chi connectivity index (χ1n) is 9.55. The molecule has 0 unspecified atom stereocenters. The second-order valence-corrected chi connectivity index (χ2v) is 6.83. The highest BCUT2D eigenvalue weighted by Gasteiger charge is 2.17. The Morgan fingerprint density at radius 2 is 2.00 bits per heavy atom.